The summed E-state index contributed by atoms with van der Waals surface area (Å²) in [6.07, 6.45) is 3.87. The Labute approximate surface area is 126 Å². The monoisotopic (exact) mass is 289 g/mol. The molecule has 21 heavy (non-hydrogen) atoms. The Hall–Kier alpha value is -1.84. The van der Waals surface area contributed by atoms with Crippen molar-refractivity contribution in [3.63, 3.8) is 0 Å². The molecule has 0 aromatic heterocycles. The summed E-state index contributed by atoms with van der Waals surface area (Å²) in [5.41, 5.74) is 5.07. The first kappa shape index (κ1) is 15.5. The van der Waals surface area contributed by atoms with E-state index in [0.29, 0.717) is 13.0 Å². The second-order valence-corrected chi connectivity index (χ2v) is 5.49. The highest BCUT2D eigenvalue weighted by atomic mass is 16.5. The molecule has 1 aliphatic heterocycles. The van der Waals surface area contributed by atoms with Gasteiger partial charge in [-0.15, -0.1) is 0 Å². The van der Waals surface area contributed by atoms with Gasteiger partial charge in [-0.05, 0) is 55.4 Å². The van der Waals surface area contributed by atoms with Crippen molar-refractivity contribution in [1.29, 1.82) is 0 Å². The lowest BCUT2D eigenvalue weighted by atomic mass is 9.94. The van der Waals surface area contributed by atoms with Crippen molar-refractivity contribution in [1.82, 2.24) is 4.90 Å². The molecule has 1 aromatic rings. The molecule has 0 fully saturated rings. The van der Waals surface area contributed by atoms with Crippen LogP contribution in [-0.2, 0) is 33.6 Å². The summed E-state index contributed by atoms with van der Waals surface area (Å²) in [6.45, 7) is 5.91. The van der Waals surface area contributed by atoms with E-state index in [4.69, 9.17) is 4.74 Å². The number of carbonyl (C=O) groups excluding carboxylic acids is 2. The van der Waals surface area contributed by atoms with Gasteiger partial charge in [-0.25, -0.2) is 0 Å². The Morgan fingerprint density at radius 1 is 1.29 bits per heavy atom. The SMILES string of the molecule is CCOC(=O)CCc1cc2c(cc1C)CCN(C=O)CC2. The van der Waals surface area contributed by atoms with Crippen molar-refractivity contribution >= 4 is 12.4 Å². The first-order valence-electron chi connectivity index (χ1n) is 7.60. The number of hydrogen-bond donors (Lipinski definition) is 0. The lowest BCUT2D eigenvalue weighted by molar-refractivity contribution is -0.143. The van der Waals surface area contributed by atoms with Crippen LogP contribution in [0.15, 0.2) is 12.1 Å². The molecular formula is C17H23NO3. The predicted octanol–water partition coefficient (Wildman–Crippen LogP) is 2.05. The standard InChI is InChI=1S/C17H23NO3/c1-3-21-17(20)5-4-14-11-16-7-9-18(12-19)8-6-15(16)10-13(14)2/h10-12H,3-9H2,1-2H3. The van der Waals surface area contributed by atoms with E-state index < -0.39 is 0 Å². The molecular weight excluding hydrogens is 266 g/mol. The highest BCUT2D eigenvalue weighted by Crippen LogP contribution is 2.22. The quantitative estimate of drug-likeness (QED) is 0.615. The maximum absolute atomic E-state index is 11.5. The molecule has 0 unspecified atom stereocenters. The minimum Gasteiger partial charge on any atom is -0.466 e. The van der Waals surface area contributed by atoms with Crippen LogP contribution >= 0.6 is 0 Å². The van der Waals surface area contributed by atoms with Crippen molar-refractivity contribution < 1.29 is 14.3 Å². The van der Waals surface area contributed by atoms with Crippen molar-refractivity contribution in [3.8, 4) is 0 Å². The number of benzene rings is 1. The molecule has 0 atom stereocenters. The zero-order valence-electron chi connectivity index (χ0n) is 12.9. The average Bonchev–Trinajstić information content (AvgIpc) is 2.67. The molecule has 0 saturated heterocycles. The average molecular weight is 289 g/mol. The van der Waals surface area contributed by atoms with Crippen molar-refractivity contribution in [3.05, 3.63) is 34.4 Å². The van der Waals surface area contributed by atoms with E-state index in [2.05, 4.69) is 19.1 Å². The number of nitrogens with zero attached hydrogens (tertiary/aromatic N) is 1. The number of rotatable bonds is 5. The van der Waals surface area contributed by atoms with Gasteiger partial charge in [-0.2, -0.15) is 0 Å². The van der Waals surface area contributed by atoms with E-state index in [1.165, 1.54) is 22.3 Å². The molecule has 0 aliphatic carbocycles. The first-order chi connectivity index (χ1) is 10.1. The van der Waals surface area contributed by atoms with Crippen LogP contribution in [0.25, 0.3) is 0 Å². The third-order valence-electron chi connectivity index (χ3n) is 4.05. The summed E-state index contributed by atoms with van der Waals surface area (Å²) < 4.78 is 4.98. The predicted molar refractivity (Wildman–Crippen MR) is 81.2 cm³/mol. The van der Waals surface area contributed by atoms with Crippen LogP contribution in [0.1, 0.15) is 35.6 Å². The topological polar surface area (TPSA) is 46.6 Å². The summed E-state index contributed by atoms with van der Waals surface area (Å²) in [7, 11) is 0. The number of ether oxygens (including phenoxy) is 1. The van der Waals surface area contributed by atoms with Gasteiger partial charge < -0.3 is 9.64 Å². The number of aryl methyl sites for hydroxylation is 2. The third kappa shape index (κ3) is 4.06. The summed E-state index contributed by atoms with van der Waals surface area (Å²) in [6, 6.07) is 4.42. The molecule has 0 radical (unpaired) electrons. The van der Waals surface area contributed by atoms with E-state index >= 15 is 0 Å². The zero-order valence-corrected chi connectivity index (χ0v) is 12.9. The van der Waals surface area contributed by atoms with Crippen molar-refractivity contribution in [2.24, 2.45) is 0 Å². The van der Waals surface area contributed by atoms with Gasteiger partial charge in [-0.1, -0.05) is 12.1 Å². The first-order valence-corrected chi connectivity index (χ1v) is 7.60. The van der Waals surface area contributed by atoms with E-state index in [1.807, 2.05) is 11.8 Å². The van der Waals surface area contributed by atoms with Crippen LogP contribution in [0.3, 0.4) is 0 Å². The van der Waals surface area contributed by atoms with Gasteiger partial charge in [0.25, 0.3) is 0 Å². The number of esters is 1. The van der Waals surface area contributed by atoms with Crippen molar-refractivity contribution in [2.75, 3.05) is 19.7 Å². The molecule has 2 rings (SSSR count). The second kappa shape index (κ2) is 7.25. The molecule has 0 bridgehead atoms. The van der Waals surface area contributed by atoms with E-state index in [0.717, 1.165) is 38.8 Å². The fourth-order valence-corrected chi connectivity index (χ4v) is 2.81. The molecule has 0 spiro atoms. The second-order valence-electron chi connectivity index (χ2n) is 5.49. The molecule has 4 nitrogen and oxygen atoms in total. The van der Waals surface area contributed by atoms with Gasteiger partial charge in [-0.3, -0.25) is 9.59 Å². The summed E-state index contributed by atoms with van der Waals surface area (Å²) in [4.78, 5) is 24.2. The molecule has 1 aromatic carbocycles. The highest BCUT2D eigenvalue weighted by Gasteiger charge is 2.15. The van der Waals surface area contributed by atoms with Crippen LogP contribution in [0, 0.1) is 6.92 Å². The maximum atomic E-state index is 11.5. The van der Waals surface area contributed by atoms with Gasteiger partial charge in [0.05, 0.1) is 6.61 Å². The number of amides is 1. The van der Waals surface area contributed by atoms with Crippen LogP contribution in [0.5, 0.6) is 0 Å². The lowest BCUT2D eigenvalue weighted by Gasteiger charge is -2.12. The van der Waals surface area contributed by atoms with Crippen LogP contribution in [-0.4, -0.2) is 37.0 Å². The normalized spacial score (nSPS) is 14.3. The molecule has 0 N–H and O–H groups in total. The third-order valence-corrected chi connectivity index (χ3v) is 4.05. The van der Waals surface area contributed by atoms with Crippen LogP contribution in [0.4, 0.5) is 0 Å². The van der Waals surface area contributed by atoms with Crippen molar-refractivity contribution in [2.45, 2.75) is 39.5 Å². The Bertz CT molecular complexity index is 525. The Morgan fingerprint density at radius 2 is 1.95 bits per heavy atom. The molecule has 1 heterocycles. The minimum absolute atomic E-state index is 0.140. The number of carbonyl (C=O) groups is 2. The number of hydrogen-bond acceptors (Lipinski definition) is 3. The molecule has 4 heteroatoms. The Kier molecular flexibility index (Phi) is 5.37. The van der Waals surface area contributed by atoms with Gasteiger partial charge in [0, 0.05) is 19.5 Å². The Balaban J connectivity index is 2.09. The van der Waals surface area contributed by atoms with Gasteiger partial charge in [0.2, 0.25) is 6.41 Å². The fraction of sp³-hybridized carbons (Fsp3) is 0.529. The fourth-order valence-electron chi connectivity index (χ4n) is 2.81. The van der Waals surface area contributed by atoms with E-state index in [9.17, 15) is 9.59 Å². The molecule has 1 amide bonds. The van der Waals surface area contributed by atoms with Gasteiger partial charge >= 0.3 is 5.97 Å². The van der Waals surface area contributed by atoms with E-state index in [-0.39, 0.29) is 5.97 Å². The lowest BCUT2D eigenvalue weighted by Crippen LogP contribution is -2.24. The number of fused-ring (bicyclic) bond motifs is 1. The summed E-state index contributed by atoms with van der Waals surface area (Å²) >= 11 is 0. The zero-order chi connectivity index (χ0) is 15.2. The Morgan fingerprint density at radius 3 is 2.57 bits per heavy atom. The van der Waals surface area contributed by atoms with Crippen LogP contribution in [0.2, 0.25) is 0 Å². The summed E-state index contributed by atoms with van der Waals surface area (Å²) in [5, 5.41) is 0. The largest absolute Gasteiger partial charge is 0.466 e. The molecule has 1 aliphatic rings. The maximum Gasteiger partial charge on any atom is 0.306 e. The van der Waals surface area contributed by atoms with Gasteiger partial charge in [0.1, 0.15) is 0 Å². The minimum atomic E-state index is -0.140. The molecule has 114 valence electrons. The van der Waals surface area contributed by atoms with Crippen LogP contribution < -0.4 is 0 Å². The van der Waals surface area contributed by atoms with E-state index in [1.54, 1.807) is 0 Å². The molecule has 0 saturated carbocycles. The smallest absolute Gasteiger partial charge is 0.306 e. The highest BCUT2D eigenvalue weighted by molar-refractivity contribution is 5.69. The summed E-state index contributed by atoms with van der Waals surface area (Å²) in [5.74, 6) is -0.140. The van der Waals surface area contributed by atoms with Gasteiger partial charge in [0.15, 0.2) is 0 Å².